The summed E-state index contributed by atoms with van der Waals surface area (Å²) in [6.45, 7) is 4.23. The minimum absolute atomic E-state index is 0.437. The van der Waals surface area contributed by atoms with Crippen molar-refractivity contribution in [2.24, 2.45) is 0 Å². The van der Waals surface area contributed by atoms with Crippen molar-refractivity contribution in [3.05, 3.63) is 24.2 Å². The number of nitrogen functional groups attached to an aromatic ring is 1. The van der Waals surface area contributed by atoms with Crippen molar-refractivity contribution in [3.63, 3.8) is 0 Å². The molecule has 0 saturated heterocycles. The highest BCUT2D eigenvalue weighted by molar-refractivity contribution is 5.85. The van der Waals surface area contributed by atoms with Gasteiger partial charge in [0.1, 0.15) is 12.1 Å². The number of nitrogens with zero attached hydrogens (tertiary/aromatic N) is 3. The Morgan fingerprint density at radius 2 is 2.00 bits per heavy atom. The Kier molecular flexibility index (Phi) is 2.04. The molecule has 0 aliphatic carbocycles. The topological polar surface area (TPSA) is 64.7 Å². The van der Waals surface area contributed by atoms with Crippen molar-refractivity contribution in [2.75, 3.05) is 5.73 Å². The molecule has 4 heteroatoms. The van der Waals surface area contributed by atoms with E-state index < -0.39 is 0 Å². The molecule has 0 fully saturated rings. The first-order valence-corrected chi connectivity index (χ1v) is 4.54. The molecule has 0 aromatic carbocycles. The third kappa shape index (κ3) is 1.39. The first-order chi connectivity index (χ1) is 6.68. The monoisotopic (exact) mass is 188 g/mol. The number of hydrogen-bond acceptors (Lipinski definition) is 4. The molecule has 4 nitrogen and oxygen atoms in total. The molecule has 0 radical (unpaired) electrons. The maximum atomic E-state index is 5.73. The molecule has 2 N–H and O–H groups in total. The molecule has 2 aromatic heterocycles. The van der Waals surface area contributed by atoms with E-state index in [1.165, 1.54) is 6.33 Å². The Morgan fingerprint density at radius 3 is 2.71 bits per heavy atom. The average Bonchev–Trinajstić information content (AvgIpc) is 2.18. The fourth-order valence-electron chi connectivity index (χ4n) is 1.30. The summed E-state index contributed by atoms with van der Waals surface area (Å²) in [6.07, 6.45) is 3.26. The molecule has 0 atom stereocenters. The molecule has 72 valence electrons. The van der Waals surface area contributed by atoms with Gasteiger partial charge in [0.2, 0.25) is 0 Å². The van der Waals surface area contributed by atoms with E-state index in [2.05, 4.69) is 28.8 Å². The maximum absolute atomic E-state index is 5.73. The summed E-state index contributed by atoms with van der Waals surface area (Å²) in [5.41, 5.74) is 7.54. The highest BCUT2D eigenvalue weighted by Crippen LogP contribution is 2.20. The summed E-state index contributed by atoms with van der Waals surface area (Å²) in [5, 5.41) is 0.832. The van der Waals surface area contributed by atoms with Gasteiger partial charge in [0.15, 0.2) is 5.65 Å². The van der Waals surface area contributed by atoms with Crippen LogP contribution in [0, 0.1) is 0 Å². The fraction of sp³-hybridized carbons (Fsp3) is 0.300. The average molecular weight is 188 g/mol. The van der Waals surface area contributed by atoms with Crippen LogP contribution < -0.4 is 5.73 Å². The van der Waals surface area contributed by atoms with Crippen LogP contribution in [0.3, 0.4) is 0 Å². The van der Waals surface area contributed by atoms with Crippen molar-refractivity contribution in [3.8, 4) is 0 Å². The smallest absolute Gasteiger partial charge is 0.164 e. The number of anilines is 1. The SMILES string of the molecule is CC(C)c1cnc2ncnc(N)c2c1. The largest absolute Gasteiger partial charge is 0.383 e. The van der Waals surface area contributed by atoms with Gasteiger partial charge >= 0.3 is 0 Å². The van der Waals surface area contributed by atoms with Crippen molar-refractivity contribution >= 4 is 16.9 Å². The minimum Gasteiger partial charge on any atom is -0.383 e. The molecule has 0 unspecified atom stereocenters. The number of nitrogens with two attached hydrogens (primary N) is 1. The van der Waals surface area contributed by atoms with Gasteiger partial charge in [-0.3, -0.25) is 0 Å². The van der Waals surface area contributed by atoms with Crippen LogP contribution in [0.4, 0.5) is 5.82 Å². The number of rotatable bonds is 1. The van der Waals surface area contributed by atoms with Crippen LogP contribution in [0.2, 0.25) is 0 Å². The molecule has 0 amide bonds. The fourth-order valence-corrected chi connectivity index (χ4v) is 1.30. The minimum atomic E-state index is 0.437. The van der Waals surface area contributed by atoms with Gasteiger partial charge in [-0.05, 0) is 17.5 Å². The lowest BCUT2D eigenvalue weighted by Crippen LogP contribution is -1.97. The molecule has 2 aromatic rings. The van der Waals surface area contributed by atoms with Crippen LogP contribution >= 0.6 is 0 Å². The summed E-state index contributed by atoms with van der Waals surface area (Å²) >= 11 is 0. The van der Waals surface area contributed by atoms with E-state index in [0.717, 1.165) is 10.9 Å². The van der Waals surface area contributed by atoms with Gasteiger partial charge in [0.25, 0.3) is 0 Å². The van der Waals surface area contributed by atoms with E-state index in [-0.39, 0.29) is 0 Å². The lowest BCUT2D eigenvalue weighted by atomic mass is 10.0. The van der Waals surface area contributed by atoms with Crippen molar-refractivity contribution in [1.29, 1.82) is 0 Å². The zero-order valence-electron chi connectivity index (χ0n) is 8.23. The summed E-state index contributed by atoms with van der Waals surface area (Å²) in [6, 6.07) is 2.00. The molecular formula is C10H12N4. The predicted molar refractivity (Wildman–Crippen MR) is 55.8 cm³/mol. The lowest BCUT2D eigenvalue weighted by molar-refractivity contribution is 0.861. The Balaban J connectivity index is 2.70. The van der Waals surface area contributed by atoms with Gasteiger partial charge in [-0.15, -0.1) is 0 Å². The Labute approximate surface area is 82.2 Å². The molecule has 0 aliphatic heterocycles. The summed E-state index contributed by atoms with van der Waals surface area (Å²) < 4.78 is 0. The predicted octanol–water partition coefficient (Wildman–Crippen LogP) is 1.73. The van der Waals surface area contributed by atoms with Crippen molar-refractivity contribution in [2.45, 2.75) is 19.8 Å². The van der Waals surface area contributed by atoms with Crippen LogP contribution in [0.15, 0.2) is 18.6 Å². The summed E-state index contributed by atoms with van der Waals surface area (Å²) in [4.78, 5) is 12.2. The highest BCUT2D eigenvalue weighted by Gasteiger charge is 2.05. The van der Waals surface area contributed by atoms with E-state index in [0.29, 0.717) is 17.4 Å². The lowest BCUT2D eigenvalue weighted by Gasteiger charge is -2.06. The van der Waals surface area contributed by atoms with Crippen molar-refractivity contribution < 1.29 is 0 Å². The molecule has 0 bridgehead atoms. The Bertz CT molecular complexity index is 465. The van der Waals surface area contributed by atoms with E-state index in [4.69, 9.17) is 5.73 Å². The summed E-state index contributed by atoms with van der Waals surface area (Å²) in [5.74, 6) is 0.927. The molecule has 0 spiro atoms. The van der Waals surface area contributed by atoms with E-state index in [1.807, 2.05) is 12.3 Å². The zero-order valence-corrected chi connectivity index (χ0v) is 8.23. The van der Waals surface area contributed by atoms with Gasteiger partial charge in [-0.2, -0.15) is 0 Å². The molecule has 0 aliphatic rings. The van der Waals surface area contributed by atoms with Gasteiger partial charge in [-0.1, -0.05) is 13.8 Å². The molecule has 2 heterocycles. The standard InChI is InChI=1S/C10H12N4/c1-6(2)7-3-8-9(11)13-5-14-10(8)12-4-7/h3-6H,1-2H3,(H2,11,12,13,14). The van der Waals surface area contributed by atoms with Crippen LogP contribution in [-0.2, 0) is 0 Å². The van der Waals surface area contributed by atoms with Crippen LogP contribution in [-0.4, -0.2) is 15.0 Å². The summed E-state index contributed by atoms with van der Waals surface area (Å²) in [7, 11) is 0. The molecule has 14 heavy (non-hydrogen) atoms. The van der Waals surface area contributed by atoms with Crippen LogP contribution in [0.1, 0.15) is 25.3 Å². The van der Waals surface area contributed by atoms with E-state index in [9.17, 15) is 0 Å². The second kappa shape index (κ2) is 3.21. The first kappa shape index (κ1) is 8.87. The number of fused-ring (bicyclic) bond motifs is 1. The first-order valence-electron chi connectivity index (χ1n) is 4.54. The van der Waals surface area contributed by atoms with Gasteiger partial charge in [0.05, 0.1) is 5.39 Å². The molecular weight excluding hydrogens is 176 g/mol. The van der Waals surface area contributed by atoms with Crippen LogP contribution in [0.5, 0.6) is 0 Å². The van der Waals surface area contributed by atoms with Gasteiger partial charge in [0, 0.05) is 6.20 Å². The number of hydrogen-bond donors (Lipinski definition) is 1. The van der Waals surface area contributed by atoms with E-state index >= 15 is 0 Å². The Morgan fingerprint density at radius 1 is 1.21 bits per heavy atom. The zero-order chi connectivity index (χ0) is 10.1. The second-order valence-corrected chi connectivity index (χ2v) is 3.55. The quantitative estimate of drug-likeness (QED) is 0.740. The van der Waals surface area contributed by atoms with Gasteiger partial charge < -0.3 is 5.73 Å². The van der Waals surface area contributed by atoms with Crippen LogP contribution in [0.25, 0.3) is 11.0 Å². The molecule has 2 rings (SSSR count). The van der Waals surface area contributed by atoms with Gasteiger partial charge in [-0.25, -0.2) is 15.0 Å². The third-order valence-corrected chi connectivity index (χ3v) is 2.21. The number of aromatic nitrogens is 3. The normalized spacial score (nSPS) is 11.1. The van der Waals surface area contributed by atoms with Crippen molar-refractivity contribution in [1.82, 2.24) is 15.0 Å². The van der Waals surface area contributed by atoms with E-state index in [1.54, 1.807) is 0 Å². The Hall–Kier alpha value is -1.71. The molecule has 0 saturated carbocycles. The second-order valence-electron chi connectivity index (χ2n) is 3.55. The third-order valence-electron chi connectivity index (χ3n) is 2.21. The number of pyridine rings is 1. The highest BCUT2D eigenvalue weighted by atomic mass is 14.9. The maximum Gasteiger partial charge on any atom is 0.164 e.